The normalized spacial score (nSPS) is 14.7. The zero-order valence-corrected chi connectivity index (χ0v) is 15.6. The van der Waals surface area contributed by atoms with Crippen LogP contribution in [0.15, 0.2) is 78.9 Å². The summed E-state index contributed by atoms with van der Waals surface area (Å²) in [5.74, 6) is 1.41. The SMILES string of the molecule is O=C(c1ccccc1Oc1ccccc1)N1CCC(c2ccc(F)cc2)CC1. The van der Waals surface area contributed by atoms with Crippen molar-refractivity contribution in [2.24, 2.45) is 0 Å². The minimum atomic E-state index is -0.216. The van der Waals surface area contributed by atoms with Crippen molar-refractivity contribution >= 4 is 5.91 Å². The highest BCUT2D eigenvalue weighted by atomic mass is 19.1. The van der Waals surface area contributed by atoms with Crippen LogP contribution in [-0.2, 0) is 0 Å². The summed E-state index contributed by atoms with van der Waals surface area (Å²) in [6.07, 6.45) is 1.75. The second kappa shape index (κ2) is 8.26. The molecule has 0 N–H and O–H groups in total. The fraction of sp³-hybridized carbons (Fsp3) is 0.208. The molecule has 1 saturated heterocycles. The van der Waals surface area contributed by atoms with Gasteiger partial charge in [0.05, 0.1) is 5.56 Å². The minimum Gasteiger partial charge on any atom is -0.457 e. The largest absolute Gasteiger partial charge is 0.457 e. The second-order valence-electron chi connectivity index (χ2n) is 7.03. The highest BCUT2D eigenvalue weighted by molar-refractivity contribution is 5.97. The smallest absolute Gasteiger partial charge is 0.257 e. The van der Waals surface area contributed by atoms with E-state index in [1.165, 1.54) is 12.1 Å². The van der Waals surface area contributed by atoms with Crippen molar-refractivity contribution in [3.05, 3.63) is 95.8 Å². The Balaban J connectivity index is 1.45. The highest BCUT2D eigenvalue weighted by Gasteiger charge is 2.26. The Kier molecular flexibility index (Phi) is 5.38. The summed E-state index contributed by atoms with van der Waals surface area (Å²) >= 11 is 0. The molecule has 1 fully saturated rings. The number of piperidine rings is 1. The van der Waals surface area contributed by atoms with Crippen LogP contribution in [0.4, 0.5) is 4.39 Å². The van der Waals surface area contributed by atoms with Gasteiger partial charge in [-0.25, -0.2) is 4.39 Å². The molecule has 0 saturated carbocycles. The molecule has 1 aliphatic heterocycles. The number of ether oxygens (including phenoxy) is 1. The van der Waals surface area contributed by atoms with Crippen molar-refractivity contribution in [2.45, 2.75) is 18.8 Å². The molecular weight excluding hydrogens is 353 g/mol. The summed E-state index contributed by atoms with van der Waals surface area (Å²) in [5, 5.41) is 0. The molecule has 0 unspecified atom stereocenters. The molecule has 0 spiro atoms. The van der Waals surface area contributed by atoms with E-state index in [2.05, 4.69) is 0 Å². The van der Waals surface area contributed by atoms with Crippen molar-refractivity contribution in [1.29, 1.82) is 0 Å². The van der Waals surface area contributed by atoms with Crippen molar-refractivity contribution < 1.29 is 13.9 Å². The molecule has 3 aromatic rings. The van der Waals surface area contributed by atoms with Gasteiger partial charge < -0.3 is 9.64 Å². The number of hydrogen-bond donors (Lipinski definition) is 0. The number of carbonyl (C=O) groups is 1. The summed E-state index contributed by atoms with van der Waals surface area (Å²) in [4.78, 5) is 15.0. The average Bonchev–Trinajstić information content (AvgIpc) is 2.75. The van der Waals surface area contributed by atoms with Crippen LogP contribution < -0.4 is 4.74 Å². The van der Waals surface area contributed by atoms with Crippen molar-refractivity contribution in [3.63, 3.8) is 0 Å². The van der Waals surface area contributed by atoms with Gasteiger partial charge in [0.15, 0.2) is 0 Å². The number of nitrogens with zero attached hydrogens (tertiary/aromatic N) is 1. The predicted octanol–water partition coefficient (Wildman–Crippen LogP) is 5.64. The molecule has 4 heteroatoms. The van der Waals surface area contributed by atoms with E-state index in [9.17, 15) is 9.18 Å². The number of likely N-dealkylation sites (tertiary alicyclic amines) is 1. The van der Waals surface area contributed by atoms with E-state index in [1.54, 1.807) is 0 Å². The first kappa shape index (κ1) is 18.2. The standard InChI is InChI=1S/C24H22FNO2/c25-20-12-10-18(11-13-20)19-14-16-26(17-15-19)24(27)22-8-4-5-9-23(22)28-21-6-2-1-3-7-21/h1-13,19H,14-17H2. The lowest BCUT2D eigenvalue weighted by molar-refractivity contribution is 0.0710. The molecule has 3 nitrogen and oxygen atoms in total. The fourth-order valence-electron chi connectivity index (χ4n) is 3.67. The van der Waals surface area contributed by atoms with E-state index in [4.69, 9.17) is 4.74 Å². The molecule has 0 bridgehead atoms. The third-order valence-corrected chi connectivity index (χ3v) is 5.21. The van der Waals surface area contributed by atoms with E-state index < -0.39 is 0 Å². The lowest BCUT2D eigenvalue weighted by Gasteiger charge is -2.32. The number of amides is 1. The molecule has 1 heterocycles. The van der Waals surface area contributed by atoms with Crippen LogP contribution in [0, 0.1) is 5.82 Å². The molecule has 3 aromatic carbocycles. The van der Waals surface area contributed by atoms with Crippen LogP contribution in [-0.4, -0.2) is 23.9 Å². The quantitative estimate of drug-likeness (QED) is 0.591. The van der Waals surface area contributed by atoms with E-state index in [-0.39, 0.29) is 11.7 Å². The fourth-order valence-corrected chi connectivity index (χ4v) is 3.67. The van der Waals surface area contributed by atoms with Gasteiger partial charge in [0, 0.05) is 13.1 Å². The molecular formula is C24H22FNO2. The maximum absolute atomic E-state index is 13.1. The van der Waals surface area contributed by atoms with Gasteiger partial charge in [-0.1, -0.05) is 42.5 Å². The Hall–Kier alpha value is -3.14. The molecule has 1 amide bonds. The van der Waals surface area contributed by atoms with Gasteiger partial charge in [-0.05, 0) is 60.7 Å². The Morgan fingerprint density at radius 2 is 1.50 bits per heavy atom. The van der Waals surface area contributed by atoms with Gasteiger partial charge in [0.1, 0.15) is 17.3 Å². The second-order valence-corrected chi connectivity index (χ2v) is 7.03. The van der Waals surface area contributed by atoms with E-state index >= 15 is 0 Å². The van der Waals surface area contributed by atoms with Gasteiger partial charge in [-0.15, -0.1) is 0 Å². The Bertz CT molecular complexity index is 932. The maximum atomic E-state index is 13.1. The van der Waals surface area contributed by atoms with Crippen LogP contribution in [0.5, 0.6) is 11.5 Å². The predicted molar refractivity (Wildman–Crippen MR) is 107 cm³/mol. The first-order chi connectivity index (χ1) is 13.7. The van der Waals surface area contributed by atoms with Crippen LogP contribution in [0.3, 0.4) is 0 Å². The number of halogens is 1. The summed E-state index contributed by atoms with van der Waals surface area (Å²) in [7, 11) is 0. The number of hydrogen-bond acceptors (Lipinski definition) is 2. The van der Waals surface area contributed by atoms with Crippen molar-refractivity contribution in [2.75, 3.05) is 13.1 Å². The lowest BCUT2D eigenvalue weighted by atomic mass is 9.89. The van der Waals surface area contributed by atoms with Crippen LogP contribution in [0.1, 0.15) is 34.7 Å². The third-order valence-electron chi connectivity index (χ3n) is 5.21. The molecule has 0 aromatic heterocycles. The summed E-state index contributed by atoms with van der Waals surface area (Å²) in [6.45, 7) is 1.36. The van der Waals surface area contributed by atoms with E-state index in [0.717, 1.165) is 18.4 Å². The zero-order valence-electron chi connectivity index (χ0n) is 15.6. The molecule has 0 aliphatic carbocycles. The van der Waals surface area contributed by atoms with E-state index in [0.29, 0.717) is 36.1 Å². The van der Waals surface area contributed by atoms with Gasteiger partial charge in [-0.3, -0.25) is 4.79 Å². The number of para-hydroxylation sites is 2. The first-order valence-corrected chi connectivity index (χ1v) is 9.57. The Morgan fingerprint density at radius 1 is 0.857 bits per heavy atom. The average molecular weight is 375 g/mol. The van der Waals surface area contributed by atoms with Gasteiger partial charge in [-0.2, -0.15) is 0 Å². The molecule has 1 aliphatic rings. The maximum Gasteiger partial charge on any atom is 0.257 e. The monoisotopic (exact) mass is 375 g/mol. The number of benzene rings is 3. The summed E-state index contributed by atoms with van der Waals surface area (Å²) < 4.78 is 19.1. The van der Waals surface area contributed by atoms with Gasteiger partial charge >= 0.3 is 0 Å². The first-order valence-electron chi connectivity index (χ1n) is 9.57. The van der Waals surface area contributed by atoms with Crippen molar-refractivity contribution in [3.8, 4) is 11.5 Å². The van der Waals surface area contributed by atoms with E-state index in [1.807, 2.05) is 71.6 Å². The van der Waals surface area contributed by atoms with Gasteiger partial charge in [0.25, 0.3) is 5.91 Å². The third kappa shape index (κ3) is 4.06. The summed E-state index contributed by atoms with van der Waals surface area (Å²) in [5.41, 5.74) is 1.72. The Labute approximate surface area is 164 Å². The van der Waals surface area contributed by atoms with Crippen molar-refractivity contribution in [1.82, 2.24) is 4.90 Å². The lowest BCUT2D eigenvalue weighted by Crippen LogP contribution is -2.38. The molecule has 0 radical (unpaired) electrons. The topological polar surface area (TPSA) is 29.5 Å². The number of rotatable bonds is 4. The number of carbonyl (C=O) groups excluding carboxylic acids is 1. The van der Waals surface area contributed by atoms with Crippen LogP contribution in [0.2, 0.25) is 0 Å². The Morgan fingerprint density at radius 3 is 2.21 bits per heavy atom. The van der Waals surface area contributed by atoms with Crippen LogP contribution >= 0.6 is 0 Å². The minimum absolute atomic E-state index is 0.0101. The molecule has 142 valence electrons. The highest BCUT2D eigenvalue weighted by Crippen LogP contribution is 2.31. The molecule has 0 atom stereocenters. The van der Waals surface area contributed by atoms with Crippen LogP contribution in [0.25, 0.3) is 0 Å². The zero-order chi connectivity index (χ0) is 19.3. The van der Waals surface area contributed by atoms with Gasteiger partial charge in [0.2, 0.25) is 0 Å². The molecule has 28 heavy (non-hydrogen) atoms. The molecule has 4 rings (SSSR count). The summed E-state index contributed by atoms with van der Waals surface area (Å²) in [6, 6.07) is 23.5.